The maximum absolute atomic E-state index is 12.7. The molecule has 0 aliphatic carbocycles. The van der Waals surface area contributed by atoms with Gasteiger partial charge in [-0.05, 0) is 43.0 Å². The average molecular weight is 337 g/mol. The summed E-state index contributed by atoms with van der Waals surface area (Å²) >= 11 is 5.94. The molecule has 4 nitrogen and oxygen atoms in total. The van der Waals surface area contributed by atoms with E-state index < -0.39 is 0 Å². The number of halogens is 1. The van der Waals surface area contributed by atoms with Crippen molar-refractivity contribution in [3.05, 3.63) is 29.3 Å². The molecule has 23 heavy (non-hydrogen) atoms. The van der Waals surface area contributed by atoms with Crippen molar-refractivity contribution in [3.63, 3.8) is 0 Å². The van der Waals surface area contributed by atoms with Crippen LogP contribution in [0.15, 0.2) is 24.3 Å². The number of amides is 1. The van der Waals surface area contributed by atoms with E-state index >= 15 is 0 Å². The van der Waals surface area contributed by atoms with Gasteiger partial charge in [-0.3, -0.25) is 4.79 Å². The van der Waals surface area contributed by atoms with E-state index in [1.165, 1.54) is 5.69 Å². The number of benzene rings is 1. The van der Waals surface area contributed by atoms with Crippen molar-refractivity contribution >= 4 is 23.2 Å². The molecule has 0 saturated carbocycles. The standard InChI is InChI=1S/C18H25ClN2O2/c1-14(15-6-12-23-13-7-15)18(22)21-10-8-20(9-11-21)17-4-2-16(19)3-5-17/h2-5,14-15H,6-13H2,1H3. The Kier molecular flexibility index (Phi) is 5.44. The lowest BCUT2D eigenvalue weighted by atomic mass is 9.86. The van der Waals surface area contributed by atoms with Crippen LogP contribution in [0.2, 0.25) is 5.02 Å². The lowest BCUT2D eigenvalue weighted by Gasteiger charge is -2.38. The Balaban J connectivity index is 1.53. The summed E-state index contributed by atoms with van der Waals surface area (Å²) in [4.78, 5) is 17.1. The predicted molar refractivity (Wildman–Crippen MR) is 93.0 cm³/mol. The Bertz CT molecular complexity index is 520. The minimum absolute atomic E-state index is 0.112. The van der Waals surface area contributed by atoms with Crippen LogP contribution in [-0.4, -0.2) is 50.2 Å². The number of rotatable bonds is 3. The lowest BCUT2D eigenvalue weighted by molar-refractivity contribution is -0.138. The fraction of sp³-hybridized carbons (Fsp3) is 0.611. The maximum Gasteiger partial charge on any atom is 0.225 e. The van der Waals surface area contributed by atoms with Crippen molar-refractivity contribution in [1.82, 2.24) is 4.90 Å². The number of carbonyl (C=O) groups is 1. The van der Waals surface area contributed by atoms with Crippen LogP contribution >= 0.6 is 11.6 Å². The van der Waals surface area contributed by atoms with Gasteiger partial charge >= 0.3 is 0 Å². The van der Waals surface area contributed by atoms with Gasteiger partial charge in [0.25, 0.3) is 0 Å². The van der Waals surface area contributed by atoms with Gasteiger partial charge in [0.1, 0.15) is 0 Å². The van der Waals surface area contributed by atoms with Gasteiger partial charge in [-0.15, -0.1) is 0 Å². The summed E-state index contributed by atoms with van der Waals surface area (Å²) in [6, 6.07) is 7.93. The summed E-state index contributed by atoms with van der Waals surface area (Å²) in [6.07, 6.45) is 2.02. The molecular formula is C18H25ClN2O2. The van der Waals surface area contributed by atoms with Gasteiger partial charge in [-0.25, -0.2) is 0 Å². The van der Waals surface area contributed by atoms with Crippen molar-refractivity contribution in [2.75, 3.05) is 44.3 Å². The van der Waals surface area contributed by atoms with E-state index in [1.807, 2.05) is 29.2 Å². The molecule has 0 N–H and O–H groups in total. The molecule has 0 bridgehead atoms. The second-order valence-electron chi connectivity index (χ2n) is 6.53. The molecule has 2 aliphatic rings. The molecule has 2 heterocycles. The van der Waals surface area contributed by atoms with Gasteiger partial charge in [-0.1, -0.05) is 18.5 Å². The van der Waals surface area contributed by atoms with Gasteiger partial charge in [-0.2, -0.15) is 0 Å². The predicted octanol–water partition coefficient (Wildman–Crippen LogP) is 3.05. The fourth-order valence-corrected chi connectivity index (χ4v) is 3.67. The zero-order chi connectivity index (χ0) is 16.2. The molecule has 1 atom stereocenters. The third-order valence-electron chi connectivity index (χ3n) is 5.15. The molecule has 1 aromatic rings. The van der Waals surface area contributed by atoms with Crippen LogP contribution in [0.4, 0.5) is 5.69 Å². The monoisotopic (exact) mass is 336 g/mol. The highest BCUT2D eigenvalue weighted by atomic mass is 35.5. The highest BCUT2D eigenvalue weighted by molar-refractivity contribution is 6.30. The normalized spacial score (nSPS) is 21.3. The smallest absolute Gasteiger partial charge is 0.225 e. The molecule has 0 aromatic heterocycles. The van der Waals surface area contributed by atoms with E-state index in [0.717, 1.165) is 57.3 Å². The van der Waals surface area contributed by atoms with E-state index in [9.17, 15) is 4.79 Å². The summed E-state index contributed by atoms with van der Waals surface area (Å²) in [5.74, 6) is 0.902. The minimum atomic E-state index is 0.112. The van der Waals surface area contributed by atoms with Crippen LogP contribution in [0.1, 0.15) is 19.8 Å². The molecule has 2 fully saturated rings. The van der Waals surface area contributed by atoms with Gasteiger partial charge in [0.05, 0.1) is 0 Å². The van der Waals surface area contributed by atoms with Gasteiger partial charge < -0.3 is 14.5 Å². The first-order valence-corrected chi connectivity index (χ1v) is 8.90. The van der Waals surface area contributed by atoms with E-state index in [-0.39, 0.29) is 5.92 Å². The van der Waals surface area contributed by atoms with Crippen LogP contribution in [-0.2, 0) is 9.53 Å². The lowest BCUT2D eigenvalue weighted by Crippen LogP contribution is -2.51. The number of nitrogens with zero attached hydrogens (tertiary/aromatic N) is 2. The molecule has 5 heteroatoms. The Morgan fingerprint density at radius 3 is 2.35 bits per heavy atom. The van der Waals surface area contributed by atoms with Gasteiger partial charge in [0.2, 0.25) is 5.91 Å². The average Bonchev–Trinajstić information content (AvgIpc) is 2.62. The number of carbonyl (C=O) groups excluding carboxylic acids is 1. The summed E-state index contributed by atoms with van der Waals surface area (Å²) in [5.41, 5.74) is 1.18. The number of hydrogen-bond donors (Lipinski definition) is 0. The highest BCUT2D eigenvalue weighted by Gasteiger charge is 2.30. The van der Waals surface area contributed by atoms with Crippen molar-refractivity contribution in [2.24, 2.45) is 11.8 Å². The van der Waals surface area contributed by atoms with Crippen LogP contribution in [0, 0.1) is 11.8 Å². The van der Waals surface area contributed by atoms with Crippen LogP contribution < -0.4 is 4.90 Å². The van der Waals surface area contributed by atoms with Gasteiger partial charge in [0, 0.05) is 56.0 Å². The first-order valence-electron chi connectivity index (χ1n) is 8.52. The minimum Gasteiger partial charge on any atom is -0.381 e. The number of hydrogen-bond acceptors (Lipinski definition) is 3. The third kappa shape index (κ3) is 3.99. The highest BCUT2D eigenvalue weighted by Crippen LogP contribution is 2.26. The Morgan fingerprint density at radius 2 is 1.74 bits per heavy atom. The first-order chi connectivity index (χ1) is 11.1. The van der Waals surface area contributed by atoms with Crippen LogP contribution in [0.5, 0.6) is 0 Å². The zero-order valence-corrected chi connectivity index (χ0v) is 14.5. The zero-order valence-electron chi connectivity index (χ0n) is 13.7. The molecule has 0 spiro atoms. The van der Waals surface area contributed by atoms with Gasteiger partial charge in [0.15, 0.2) is 0 Å². The Morgan fingerprint density at radius 1 is 1.13 bits per heavy atom. The summed E-state index contributed by atoms with van der Waals surface area (Å²) in [7, 11) is 0. The second kappa shape index (κ2) is 7.54. The van der Waals surface area contributed by atoms with Crippen molar-refractivity contribution < 1.29 is 9.53 Å². The Labute approximate surface area is 143 Å². The number of ether oxygens (including phenoxy) is 1. The third-order valence-corrected chi connectivity index (χ3v) is 5.40. The van der Waals surface area contributed by atoms with Crippen LogP contribution in [0.3, 0.4) is 0 Å². The second-order valence-corrected chi connectivity index (χ2v) is 6.96. The molecule has 0 radical (unpaired) electrons. The van der Waals surface area contributed by atoms with E-state index in [4.69, 9.17) is 16.3 Å². The van der Waals surface area contributed by atoms with E-state index in [2.05, 4.69) is 11.8 Å². The van der Waals surface area contributed by atoms with Crippen molar-refractivity contribution in [1.29, 1.82) is 0 Å². The van der Waals surface area contributed by atoms with Crippen molar-refractivity contribution in [2.45, 2.75) is 19.8 Å². The molecule has 3 rings (SSSR count). The maximum atomic E-state index is 12.7. The van der Waals surface area contributed by atoms with E-state index in [1.54, 1.807) is 0 Å². The number of anilines is 1. The molecule has 1 amide bonds. The molecular weight excluding hydrogens is 312 g/mol. The summed E-state index contributed by atoms with van der Waals surface area (Å²) in [5, 5.41) is 0.757. The quantitative estimate of drug-likeness (QED) is 0.850. The molecule has 2 aliphatic heterocycles. The topological polar surface area (TPSA) is 32.8 Å². The Hall–Kier alpha value is -1.26. The molecule has 1 aromatic carbocycles. The molecule has 2 saturated heterocycles. The first kappa shape index (κ1) is 16.6. The fourth-order valence-electron chi connectivity index (χ4n) is 3.54. The molecule has 1 unspecified atom stereocenters. The summed E-state index contributed by atoms with van der Waals surface area (Å²) in [6.45, 7) is 7.05. The summed E-state index contributed by atoms with van der Waals surface area (Å²) < 4.78 is 5.41. The molecule has 126 valence electrons. The number of piperazine rings is 1. The SMILES string of the molecule is CC(C(=O)N1CCN(c2ccc(Cl)cc2)CC1)C1CCOCC1. The van der Waals surface area contributed by atoms with Crippen molar-refractivity contribution in [3.8, 4) is 0 Å². The van der Waals surface area contributed by atoms with Crippen LogP contribution in [0.25, 0.3) is 0 Å². The van der Waals surface area contributed by atoms with E-state index in [0.29, 0.717) is 11.8 Å². The largest absolute Gasteiger partial charge is 0.381 e.